The van der Waals surface area contributed by atoms with Crippen molar-refractivity contribution in [1.82, 2.24) is 5.32 Å². The third kappa shape index (κ3) is 5.57. The van der Waals surface area contributed by atoms with Crippen LogP contribution in [0.25, 0.3) is 0 Å². The molecule has 0 aliphatic carbocycles. The molecule has 1 amide bonds. The molecule has 2 aromatic carbocycles. The van der Waals surface area contributed by atoms with Gasteiger partial charge in [-0.2, -0.15) is 0 Å². The average molecular weight is 389 g/mol. The Bertz CT molecular complexity index is 923. The molecule has 1 N–H and O–H groups in total. The normalized spacial score (nSPS) is 12.5. The highest BCUT2D eigenvalue weighted by Gasteiger charge is 2.23. The first-order chi connectivity index (χ1) is 12.6. The maximum absolute atomic E-state index is 12.7. The van der Waals surface area contributed by atoms with Gasteiger partial charge in [-0.1, -0.05) is 42.8 Å². The predicted octanol–water partition coefficient (Wildman–Crippen LogP) is 3.65. The minimum atomic E-state index is -3.58. The van der Waals surface area contributed by atoms with Crippen LogP contribution in [0, 0.1) is 20.8 Å². The highest BCUT2D eigenvalue weighted by atomic mass is 32.2. The van der Waals surface area contributed by atoms with E-state index in [0.29, 0.717) is 5.69 Å². The smallest absolute Gasteiger partial charge is 0.241 e. The Morgan fingerprint density at radius 2 is 1.74 bits per heavy atom. The molecule has 0 radical (unpaired) electrons. The molecule has 0 aromatic heterocycles. The summed E-state index contributed by atoms with van der Waals surface area (Å²) in [6, 6.07) is 13.1. The summed E-state index contributed by atoms with van der Waals surface area (Å²) in [7, 11) is -3.58. The monoisotopic (exact) mass is 388 g/mol. The topological polar surface area (TPSA) is 66.5 Å². The summed E-state index contributed by atoms with van der Waals surface area (Å²) < 4.78 is 25.6. The lowest BCUT2D eigenvalue weighted by Gasteiger charge is -2.25. The second-order valence-electron chi connectivity index (χ2n) is 7.00. The van der Waals surface area contributed by atoms with E-state index in [-0.39, 0.29) is 18.5 Å². The van der Waals surface area contributed by atoms with Crippen molar-refractivity contribution in [2.24, 2.45) is 0 Å². The van der Waals surface area contributed by atoms with E-state index in [0.717, 1.165) is 33.7 Å². The number of benzene rings is 2. The fourth-order valence-corrected chi connectivity index (χ4v) is 4.02. The van der Waals surface area contributed by atoms with Gasteiger partial charge in [0.15, 0.2) is 0 Å². The summed E-state index contributed by atoms with van der Waals surface area (Å²) in [5.74, 6) is -0.325. The summed E-state index contributed by atoms with van der Waals surface area (Å²) in [6.45, 7) is 7.69. The summed E-state index contributed by atoms with van der Waals surface area (Å²) >= 11 is 0. The molecule has 0 fully saturated rings. The van der Waals surface area contributed by atoms with Gasteiger partial charge in [0.05, 0.1) is 18.0 Å². The summed E-state index contributed by atoms with van der Waals surface area (Å²) in [5, 5.41) is 2.99. The van der Waals surface area contributed by atoms with Gasteiger partial charge in [0.25, 0.3) is 0 Å². The van der Waals surface area contributed by atoms with Crippen LogP contribution in [0.5, 0.6) is 0 Å². The number of hydrogen-bond acceptors (Lipinski definition) is 3. The molecule has 2 rings (SSSR count). The average Bonchev–Trinajstić information content (AvgIpc) is 2.57. The van der Waals surface area contributed by atoms with Gasteiger partial charge in [-0.25, -0.2) is 8.42 Å². The Balaban J connectivity index is 2.22. The summed E-state index contributed by atoms with van der Waals surface area (Å²) in [4.78, 5) is 12.7. The number of rotatable bonds is 7. The van der Waals surface area contributed by atoms with Crippen LogP contribution >= 0.6 is 0 Å². The molecular weight excluding hydrogens is 360 g/mol. The second kappa shape index (κ2) is 8.57. The van der Waals surface area contributed by atoms with Crippen molar-refractivity contribution in [3.8, 4) is 0 Å². The van der Waals surface area contributed by atoms with Crippen molar-refractivity contribution in [3.05, 3.63) is 64.7 Å². The van der Waals surface area contributed by atoms with Gasteiger partial charge >= 0.3 is 0 Å². The molecule has 146 valence electrons. The third-order valence-corrected chi connectivity index (χ3v) is 5.66. The zero-order chi connectivity index (χ0) is 20.2. The third-order valence-electron chi connectivity index (χ3n) is 4.52. The Kier molecular flexibility index (Phi) is 6.65. The maximum atomic E-state index is 12.7. The van der Waals surface area contributed by atoms with Gasteiger partial charge in [-0.15, -0.1) is 0 Å². The van der Waals surface area contributed by atoms with Crippen molar-refractivity contribution in [1.29, 1.82) is 0 Å². The van der Waals surface area contributed by atoms with E-state index in [4.69, 9.17) is 0 Å². The number of hydrogen-bond donors (Lipinski definition) is 1. The molecule has 0 heterocycles. The maximum Gasteiger partial charge on any atom is 0.241 e. The van der Waals surface area contributed by atoms with Gasteiger partial charge < -0.3 is 5.32 Å². The summed E-state index contributed by atoms with van der Waals surface area (Å²) in [6.07, 6.45) is 1.84. The van der Waals surface area contributed by atoms with Crippen molar-refractivity contribution in [2.75, 3.05) is 17.1 Å². The molecule has 0 aliphatic rings. The van der Waals surface area contributed by atoms with E-state index in [1.165, 1.54) is 5.56 Å². The first-order valence-electron chi connectivity index (χ1n) is 9.02. The molecule has 0 aliphatic heterocycles. The number of carbonyl (C=O) groups excluding carboxylic acids is 1. The molecular formula is C21H28N2O3S. The van der Waals surface area contributed by atoms with Crippen molar-refractivity contribution in [3.63, 3.8) is 0 Å². The second-order valence-corrected chi connectivity index (χ2v) is 8.90. The van der Waals surface area contributed by atoms with E-state index >= 15 is 0 Å². The largest absolute Gasteiger partial charge is 0.348 e. The lowest BCUT2D eigenvalue weighted by molar-refractivity contribution is -0.120. The van der Waals surface area contributed by atoms with E-state index in [1.807, 2.05) is 45.9 Å². The lowest BCUT2D eigenvalue weighted by atomic mass is 9.97. The van der Waals surface area contributed by atoms with Crippen molar-refractivity contribution >= 4 is 21.6 Å². The Morgan fingerprint density at radius 1 is 1.07 bits per heavy atom. The number of aryl methyl sites for hydroxylation is 3. The fourth-order valence-electron chi connectivity index (χ4n) is 3.17. The Morgan fingerprint density at radius 3 is 2.30 bits per heavy atom. The molecule has 0 saturated heterocycles. The number of carbonyl (C=O) groups is 1. The molecule has 5 nitrogen and oxygen atoms in total. The van der Waals surface area contributed by atoms with Crippen LogP contribution < -0.4 is 9.62 Å². The predicted molar refractivity (Wildman–Crippen MR) is 110 cm³/mol. The number of amides is 1. The molecule has 1 atom stereocenters. The van der Waals surface area contributed by atoms with Gasteiger partial charge in [-0.05, 0) is 56.0 Å². The number of anilines is 1. The molecule has 0 saturated carbocycles. The van der Waals surface area contributed by atoms with Crippen molar-refractivity contribution in [2.45, 2.75) is 40.2 Å². The van der Waals surface area contributed by atoms with E-state index in [1.54, 1.807) is 18.2 Å². The van der Waals surface area contributed by atoms with Gasteiger partial charge in [0.2, 0.25) is 15.9 Å². The first-order valence-corrected chi connectivity index (χ1v) is 10.9. The summed E-state index contributed by atoms with van der Waals surface area (Å²) in [5.41, 5.74) is 4.76. The van der Waals surface area contributed by atoms with Gasteiger partial charge in [0.1, 0.15) is 6.54 Å². The van der Waals surface area contributed by atoms with Gasteiger partial charge in [0, 0.05) is 0 Å². The molecule has 0 spiro atoms. The first kappa shape index (κ1) is 21.0. The van der Waals surface area contributed by atoms with E-state index < -0.39 is 10.0 Å². The van der Waals surface area contributed by atoms with Crippen LogP contribution in [0.3, 0.4) is 0 Å². The number of nitrogens with zero attached hydrogens (tertiary/aromatic N) is 1. The van der Waals surface area contributed by atoms with Crippen molar-refractivity contribution < 1.29 is 13.2 Å². The lowest BCUT2D eigenvalue weighted by Crippen LogP contribution is -2.41. The van der Waals surface area contributed by atoms with Crippen LogP contribution in [0.15, 0.2) is 42.5 Å². The van der Waals surface area contributed by atoms with E-state index in [2.05, 4.69) is 11.4 Å². The molecule has 0 unspecified atom stereocenters. The zero-order valence-electron chi connectivity index (χ0n) is 16.6. The number of sulfonamides is 1. The highest BCUT2D eigenvalue weighted by Crippen LogP contribution is 2.23. The Labute approximate surface area is 162 Å². The molecule has 6 heteroatoms. The molecule has 0 bridgehead atoms. The van der Waals surface area contributed by atoms with E-state index in [9.17, 15) is 13.2 Å². The SMILES string of the molecule is CC[C@@H](NC(=O)CN(c1cccc(C)c1)S(C)(=O)=O)c1ccc(C)cc1C. The molecule has 27 heavy (non-hydrogen) atoms. The minimum Gasteiger partial charge on any atom is -0.348 e. The van der Waals surface area contributed by atoms with Gasteiger partial charge in [-0.3, -0.25) is 9.10 Å². The Hall–Kier alpha value is -2.34. The standard InChI is InChI=1S/C21H28N2O3S/c1-6-20(19-11-10-16(3)12-17(19)4)22-21(24)14-23(27(5,25)26)18-9-7-8-15(2)13-18/h7-13,20H,6,14H2,1-5H3,(H,22,24)/t20-/m1/s1. The quantitative estimate of drug-likeness (QED) is 0.787. The van der Waals surface area contributed by atoms with Crippen LogP contribution in [-0.2, 0) is 14.8 Å². The minimum absolute atomic E-state index is 0.156. The molecule has 2 aromatic rings. The highest BCUT2D eigenvalue weighted by molar-refractivity contribution is 7.92. The van der Waals surface area contributed by atoms with Crippen LogP contribution in [0.4, 0.5) is 5.69 Å². The fraction of sp³-hybridized carbons (Fsp3) is 0.381. The number of nitrogens with one attached hydrogen (secondary N) is 1. The zero-order valence-corrected chi connectivity index (χ0v) is 17.4. The van der Waals surface area contributed by atoms with Crippen LogP contribution in [0.2, 0.25) is 0 Å². The van der Waals surface area contributed by atoms with Crippen LogP contribution in [-0.4, -0.2) is 27.1 Å². The van der Waals surface area contributed by atoms with Crippen LogP contribution in [0.1, 0.15) is 41.6 Å².